The van der Waals surface area contributed by atoms with E-state index in [1.54, 1.807) is 13.3 Å². The normalized spacial score (nSPS) is 20.4. The summed E-state index contributed by atoms with van der Waals surface area (Å²) in [6, 6.07) is 3.33. The number of nitrogens with zero attached hydrogens (tertiary/aromatic N) is 4. The van der Waals surface area contributed by atoms with Crippen molar-refractivity contribution in [2.75, 3.05) is 46.6 Å². The number of hydrogen-bond acceptors (Lipinski definition) is 8. The van der Waals surface area contributed by atoms with Gasteiger partial charge in [-0.05, 0) is 43.5 Å². The molecule has 2 aliphatic rings. The molecule has 0 radical (unpaired) electrons. The van der Waals surface area contributed by atoms with Crippen molar-refractivity contribution in [1.29, 1.82) is 0 Å². The summed E-state index contributed by atoms with van der Waals surface area (Å²) in [5.41, 5.74) is 6.53. The molecule has 1 aromatic heterocycles. The summed E-state index contributed by atoms with van der Waals surface area (Å²) in [6.07, 6.45) is 7.41. The number of rotatable bonds is 14. The molecule has 3 atom stereocenters. The van der Waals surface area contributed by atoms with Gasteiger partial charge in [0.25, 0.3) is 0 Å². The van der Waals surface area contributed by atoms with Crippen LogP contribution >= 0.6 is 0 Å². The highest BCUT2D eigenvalue weighted by Gasteiger charge is 2.47. The summed E-state index contributed by atoms with van der Waals surface area (Å²) in [6.45, 7) is 4.56. The summed E-state index contributed by atoms with van der Waals surface area (Å²) < 4.78 is 18.7. The molecule has 1 aromatic carbocycles. The molecule has 2 aliphatic heterocycles. The minimum atomic E-state index is -0.887. The second-order valence-electron chi connectivity index (χ2n) is 10.3. The first-order valence-electron chi connectivity index (χ1n) is 13.8. The van der Waals surface area contributed by atoms with E-state index in [2.05, 4.69) is 11.9 Å². The van der Waals surface area contributed by atoms with Crippen molar-refractivity contribution in [3.05, 3.63) is 35.9 Å². The molecule has 0 bridgehead atoms. The third-order valence-corrected chi connectivity index (χ3v) is 7.83. The zero-order valence-electron chi connectivity index (χ0n) is 23.2. The third-order valence-electron chi connectivity index (χ3n) is 7.83. The monoisotopic (exact) mass is 543 g/mol. The molecule has 0 unspecified atom stereocenters. The van der Waals surface area contributed by atoms with Gasteiger partial charge < -0.3 is 34.5 Å². The maximum absolute atomic E-state index is 13.5. The number of ether oxygens (including phenoxy) is 3. The Morgan fingerprint density at radius 1 is 1.26 bits per heavy atom. The van der Waals surface area contributed by atoms with Crippen LogP contribution < -0.4 is 19.9 Å². The maximum Gasteiger partial charge on any atom is 0.308 e. The lowest BCUT2D eigenvalue weighted by atomic mass is 9.83. The lowest BCUT2D eigenvalue weighted by molar-refractivity contribution is -0.143. The number of carboxylic acid groups (broad SMARTS) is 1. The smallest absolute Gasteiger partial charge is 0.308 e. The Morgan fingerprint density at radius 2 is 2.05 bits per heavy atom. The van der Waals surface area contributed by atoms with Crippen molar-refractivity contribution in [3.8, 4) is 17.2 Å². The lowest BCUT2D eigenvalue weighted by Gasteiger charge is -2.29. The first-order valence-corrected chi connectivity index (χ1v) is 13.8. The molecule has 1 saturated heterocycles. The van der Waals surface area contributed by atoms with E-state index >= 15 is 0 Å². The number of aliphatic carboxylic acids is 1. The molecule has 4 rings (SSSR count). The fraction of sp³-hybridized carbons (Fsp3) is 0.607. The van der Waals surface area contributed by atoms with Gasteiger partial charge in [0.2, 0.25) is 18.4 Å². The van der Waals surface area contributed by atoms with Gasteiger partial charge >= 0.3 is 5.97 Å². The van der Waals surface area contributed by atoms with Gasteiger partial charge in [0, 0.05) is 57.5 Å². The molecule has 1 amide bonds. The molecule has 214 valence electrons. The molecular weight excluding hydrogens is 502 g/mol. The van der Waals surface area contributed by atoms with Crippen molar-refractivity contribution >= 4 is 11.9 Å². The van der Waals surface area contributed by atoms with Crippen LogP contribution in [0, 0.1) is 5.92 Å². The van der Waals surface area contributed by atoms with Crippen molar-refractivity contribution in [3.63, 3.8) is 0 Å². The number of carboxylic acids is 1. The third kappa shape index (κ3) is 6.47. The van der Waals surface area contributed by atoms with Crippen LogP contribution in [0.4, 0.5) is 0 Å². The number of carbonyl (C=O) groups excluding carboxylic acids is 1. The van der Waals surface area contributed by atoms with Gasteiger partial charge in [-0.3, -0.25) is 14.5 Å². The van der Waals surface area contributed by atoms with E-state index in [0.29, 0.717) is 56.3 Å². The molecule has 0 aliphatic carbocycles. The Balaban J connectivity index is 1.64. The highest BCUT2D eigenvalue weighted by atomic mass is 16.7. The van der Waals surface area contributed by atoms with Crippen LogP contribution in [0.5, 0.6) is 17.2 Å². The number of fused-ring (bicyclic) bond motifs is 1. The van der Waals surface area contributed by atoms with E-state index in [9.17, 15) is 14.7 Å². The molecule has 2 aromatic rings. The fourth-order valence-corrected chi connectivity index (χ4v) is 5.73. The van der Waals surface area contributed by atoms with Crippen molar-refractivity contribution in [1.82, 2.24) is 19.4 Å². The standard InChI is InChI=1S/C28H41N5O6/c1-4-5-11-32(12-6-9-29)25(34)17-33-16-20(19-14-22(37-3)27-23(15-19)38-18-39-27)26(28(35)36)21(33)7-8-24-30-10-13-31(24)2/h10,13-15,20-21,26H,4-9,11-12,16-18,29H2,1-3H3,(H,35,36)/t20-,21+,26-/m1/s1. The summed E-state index contributed by atoms with van der Waals surface area (Å²) in [5, 5.41) is 10.5. The zero-order chi connectivity index (χ0) is 27.9. The number of imidazole rings is 1. The van der Waals surface area contributed by atoms with E-state index in [-0.39, 0.29) is 31.2 Å². The number of likely N-dealkylation sites (tertiary alicyclic amines) is 1. The van der Waals surface area contributed by atoms with Gasteiger partial charge in [-0.25, -0.2) is 4.98 Å². The Kier molecular flexibility index (Phi) is 9.68. The van der Waals surface area contributed by atoms with Gasteiger partial charge in [-0.2, -0.15) is 0 Å². The number of carbonyl (C=O) groups is 2. The van der Waals surface area contributed by atoms with Crippen LogP contribution in [0.1, 0.15) is 49.9 Å². The van der Waals surface area contributed by atoms with E-state index in [4.69, 9.17) is 19.9 Å². The zero-order valence-corrected chi connectivity index (χ0v) is 23.2. The van der Waals surface area contributed by atoms with E-state index in [0.717, 1.165) is 30.7 Å². The highest BCUT2D eigenvalue weighted by Crippen LogP contribution is 2.47. The molecule has 3 heterocycles. The van der Waals surface area contributed by atoms with E-state index in [1.165, 1.54) is 0 Å². The van der Waals surface area contributed by atoms with Crippen LogP contribution in [-0.2, 0) is 23.1 Å². The van der Waals surface area contributed by atoms with Gasteiger partial charge in [-0.1, -0.05) is 13.3 Å². The second kappa shape index (κ2) is 13.2. The van der Waals surface area contributed by atoms with Crippen LogP contribution in [0.25, 0.3) is 0 Å². The van der Waals surface area contributed by atoms with Crippen LogP contribution in [0.3, 0.4) is 0 Å². The van der Waals surface area contributed by atoms with Gasteiger partial charge in [-0.15, -0.1) is 0 Å². The lowest BCUT2D eigenvalue weighted by Crippen LogP contribution is -2.45. The number of methoxy groups -OCH3 is 1. The summed E-state index contributed by atoms with van der Waals surface area (Å²) in [7, 11) is 3.48. The number of unbranched alkanes of at least 4 members (excludes halogenated alkanes) is 1. The van der Waals surface area contributed by atoms with Gasteiger partial charge in [0.15, 0.2) is 11.5 Å². The molecule has 39 heavy (non-hydrogen) atoms. The topological polar surface area (TPSA) is 132 Å². The first-order chi connectivity index (χ1) is 18.9. The van der Waals surface area contributed by atoms with E-state index in [1.807, 2.05) is 39.7 Å². The number of hydrogen-bond donors (Lipinski definition) is 2. The quantitative estimate of drug-likeness (QED) is 0.368. The van der Waals surface area contributed by atoms with Crippen molar-refractivity contribution in [2.45, 2.75) is 51.0 Å². The van der Waals surface area contributed by atoms with E-state index < -0.39 is 11.9 Å². The Morgan fingerprint density at radius 3 is 2.72 bits per heavy atom. The minimum Gasteiger partial charge on any atom is -0.493 e. The van der Waals surface area contributed by atoms with Gasteiger partial charge in [0.1, 0.15) is 5.82 Å². The predicted molar refractivity (Wildman–Crippen MR) is 145 cm³/mol. The number of amides is 1. The van der Waals surface area contributed by atoms with Crippen molar-refractivity contribution in [2.24, 2.45) is 18.7 Å². The Bertz CT molecular complexity index is 1130. The molecule has 0 spiro atoms. The number of aryl methyl sites for hydroxylation is 2. The van der Waals surface area contributed by atoms with Gasteiger partial charge in [0.05, 0.1) is 19.6 Å². The first kappa shape index (κ1) is 28.7. The maximum atomic E-state index is 13.5. The second-order valence-corrected chi connectivity index (χ2v) is 10.3. The molecule has 1 fully saturated rings. The minimum absolute atomic E-state index is 0.00643. The Hall–Kier alpha value is -3.31. The highest BCUT2D eigenvalue weighted by molar-refractivity contribution is 5.79. The van der Waals surface area contributed by atoms with Crippen LogP contribution in [-0.4, -0.2) is 89.0 Å². The summed E-state index contributed by atoms with van der Waals surface area (Å²) >= 11 is 0. The number of benzene rings is 1. The largest absolute Gasteiger partial charge is 0.493 e. The fourth-order valence-electron chi connectivity index (χ4n) is 5.73. The molecule has 3 N–H and O–H groups in total. The predicted octanol–water partition coefficient (Wildman–Crippen LogP) is 2.24. The Labute approximate surface area is 229 Å². The summed E-state index contributed by atoms with van der Waals surface area (Å²) in [5.74, 6) is 0.488. The average molecular weight is 544 g/mol. The molecule has 0 saturated carbocycles. The number of nitrogens with two attached hydrogens (primary N) is 1. The average Bonchev–Trinajstić information content (AvgIpc) is 3.65. The van der Waals surface area contributed by atoms with Crippen LogP contribution in [0.2, 0.25) is 0 Å². The van der Waals surface area contributed by atoms with Crippen molar-refractivity contribution < 1.29 is 28.9 Å². The SMILES string of the molecule is CCCCN(CCCN)C(=O)CN1C[C@H](c2cc(OC)c3c(c2)OCO3)[C@@H](C(=O)O)[C@@H]1CCc1nccn1C. The molecule has 11 nitrogen and oxygen atoms in total. The molecule has 11 heteroatoms. The van der Waals surface area contributed by atoms with Crippen LogP contribution in [0.15, 0.2) is 24.5 Å². The molecular formula is C28H41N5O6. The number of aromatic nitrogens is 2. The summed E-state index contributed by atoms with van der Waals surface area (Å²) in [4.78, 5) is 34.7.